The summed E-state index contributed by atoms with van der Waals surface area (Å²) in [6.45, 7) is -1.32. The van der Waals surface area contributed by atoms with Crippen LogP contribution in [0.4, 0.5) is 8.78 Å². The first kappa shape index (κ1) is 23.7. The zero-order valence-electron chi connectivity index (χ0n) is 17.3. The molecule has 0 aliphatic carbocycles. The van der Waals surface area contributed by atoms with Gasteiger partial charge >= 0.3 is 12.6 Å². The number of esters is 1. The number of carbonyl (C=O) groups excluding carboxylic acids is 2. The molecule has 2 aromatic carbocycles. The molecule has 2 aromatic rings. The summed E-state index contributed by atoms with van der Waals surface area (Å²) in [5, 5.41) is 2.68. The molecule has 0 bridgehead atoms. The molecule has 0 heterocycles. The third-order valence-corrected chi connectivity index (χ3v) is 4.12. The average molecular weight is 435 g/mol. The maximum atomic E-state index is 12.4. The number of rotatable bonds is 10. The summed E-state index contributed by atoms with van der Waals surface area (Å²) in [6, 6.07) is 11.4. The van der Waals surface area contributed by atoms with E-state index in [0.717, 1.165) is 11.6 Å². The topological polar surface area (TPSA) is 83.1 Å². The summed E-state index contributed by atoms with van der Waals surface area (Å²) >= 11 is 0. The molecule has 31 heavy (non-hydrogen) atoms. The second-order valence-electron chi connectivity index (χ2n) is 6.23. The molecule has 0 spiro atoms. The Morgan fingerprint density at radius 3 is 2.42 bits per heavy atom. The highest BCUT2D eigenvalue weighted by atomic mass is 19.3. The number of hydrogen-bond acceptors (Lipinski definition) is 6. The van der Waals surface area contributed by atoms with E-state index >= 15 is 0 Å². The quantitative estimate of drug-likeness (QED) is 0.454. The number of carbonyl (C=O) groups is 2. The van der Waals surface area contributed by atoms with Crippen molar-refractivity contribution in [3.05, 3.63) is 59.7 Å². The lowest BCUT2D eigenvalue weighted by Crippen LogP contribution is -2.35. The molecule has 1 unspecified atom stereocenters. The molecule has 0 fully saturated rings. The minimum absolute atomic E-state index is 0.0832. The molecular weight excluding hydrogens is 412 g/mol. The van der Waals surface area contributed by atoms with Gasteiger partial charge in [-0.25, -0.2) is 4.79 Å². The van der Waals surface area contributed by atoms with Gasteiger partial charge in [0.15, 0.2) is 17.6 Å². The smallest absolute Gasteiger partial charge is 0.387 e. The number of amides is 1. The number of para-hydroxylation sites is 1. The van der Waals surface area contributed by atoms with Crippen LogP contribution >= 0.6 is 0 Å². The number of nitrogens with one attached hydrogen (secondary N) is 1. The van der Waals surface area contributed by atoms with Gasteiger partial charge in [0.05, 0.1) is 14.2 Å². The Morgan fingerprint density at radius 1 is 1.03 bits per heavy atom. The van der Waals surface area contributed by atoms with Gasteiger partial charge in [0.25, 0.3) is 5.91 Å². The molecule has 1 atom stereocenters. The lowest BCUT2D eigenvalue weighted by Gasteiger charge is -2.14. The van der Waals surface area contributed by atoms with Crippen LogP contribution in [0.1, 0.15) is 18.1 Å². The second-order valence-corrected chi connectivity index (χ2v) is 6.23. The molecule has 0 saturated heterocycles. The number of alkyl halides is 2. The van der Waals surface area contributed by atoms with Crippen LogP contribution in [0.15, 0.2) is 48.5 Å². The van der Waals surface area contributed by atoms with Crippen LogP contribution in [0.2, 0.25) is 0 Å². The van der Waals surface area contributed by atoms with Crippen molar-refractivity contribution in [2.24, 2.45) is 0 Å². The Bertz CT molecular complexity index is 932. The zero-order chi connectivity index (χ0) is 22.8. The van der Waals surface area contributed by atoms with Crippen molar-refractivity contribution in [1.29, 1.82) is 0 Å². The SMILES string of the molecule is COc1ccccc1CNC(=O)C(C)OC(=O)/C=C/c1ccc(OC(F)F)c(OC)c1. The van der Waals surface area contributed by atoms with Gasteiger partial charge < -0.3 is 24.3 Å². The molecule has 0 aliphatic heterocycles. The van der Waals surface area contributed by atoms with Crippen molar-refractivity contribution in [3.8, 4) is 17.2 Å². The minimum atomic E-state index is -2.99. The van der Waals surface area contributed by atoms with Gasteiger partial charge in [-0.05, 0) is 36.8 Å². The highest BCUT2D eigenvalue weighted by Crippen LogP contribution is 2.29. The van der Waals surface area contributed by atoms with E-state index in [4.69, 9.17) is 14.2 Å². The third kappa shape index (κ3) is 7.29. The molecule has 9 heteroatoms. The van der Waals surface area contributed by atoms with E-state index in [0.29, 0.717) is 11.3 Å². The largest absolute Gasteiger partial charge is 0.496 e. The van der Waals surface area contributed by atoms with E-state index in [9.17, 15) is 18.4 Å². The number of methoxy groups -OCH3 is 2. The Balaban J connectivity index is 1.90. The first-order valence-electron chi connectivity index (χ1n) is 9.25. The van der Waals surface area contributed by atoms with Gasteiger partial charge in [-0.2, -0.15) is 8.78 Å². The first-order valence-corrected chi connectivity index (χ1v) is 9.25. The summed E-state index contributed by atoms with van der Waals surface area (Å²) in [7, 11) is 2.84. The lowest BCUT2D eigenvalue weighted by molar-refractivity contribution is -0.150. The first-order chi connectivity index (χ1) is 14.8. The fraction of sp³-hybridized carbons (Fsp3) is 0.273. The fourth-order valence-corrected chi connectivity index (χ4v) is 2.59. The predicted molar refractivity (Wildman–Crippen MR) is 109 cm³/mol. The van der Waals surface area contributed by atoms with Crippen LogP contribution in [0.3, 0.4) is 0 Å². The number of benzene rings is 2. The van der Waals surface area contributed by atoms with Crippen molar-refractivity contribution in [1.82, 2.24) is 5.32 Å². The summed E-state index contributed by atoms with van der Waals surface area (Å²) in [5.74, 6) is -0.622. The van der Waals surface area contributed by atoms with Crippen LogP contribution in [0, 0.1) is 0 Å². The maximum absolute atomic E-state index is 12.4. The molecular formula is C22H23F2NO6. The zero-order valence-corrected chi connectivity index (χ0v) is 17.3. The lowest BCUT2D eigenvalue weighted by atomic mass is 10.2. The maximum Gasteiger partial charge on any atom is 0.387 e. The van der Waals surface area contributed by atoms with Gasteiger partial charge in [0.2, 0.25) is 0 Å². The van der Waals surface area contributed by atoms with Crippen LogP contribution in [0.25, 0.3) is 6.08 Å². The summed E-state index contributed by atoms with van der Waals surface area (Å²) in [5.41, 5.74) is 1.27. The van der Waals surface area contributed by atoms with Crippen LogP contribution in [-0.4, -0.2) is 38.8 Å². The summed E-state index contributed by atoms with van der Waals surface area (Å²) < 4.78 is 44.4. The van der Waals surface area contributed by atoms with Crippen LogP contribution in [0.5, 0.6) is 17.2 Å². The normalized spacial score (nSPS) is 11.8. The number of ether oxygens (including phenoxy) is 4. The van der Waals surface area contributed by atoms with E-state index < -0.39 is 24.6 Å². The van der Waals surface area contributed by atoms with Crippen molar-refractivity contribution in [2.75, 3.05) is 14.2 Å². The van der Waals surface area contributed by atoms with Crippen molar-refractivity contribution >= 4 is 18.0 Å². The Morgan fingerprint density at radius 2 is 1.74 bits per heavy atom. The fourth-order valence-electron chi connectivity index (χ4n) is 2.59. The molecule has 0 saturated carbocycles. The second kappa shape index (κ2) is 11.5. The molecule has 1 N–H and O–H groups in total. The molecule has 2 rings (SSSR count). The highest BCUT2D eigenvalue weighted by Gasteiger charge is 2.17. The van der Waals surface area contributed by atoms with E-state index in [1.54, 1.807) is 6.07 Å². The van der Waals surface area contributed by atoms with E-state index in [2.05, 4.69) is 10.1 Å². The third-order valence-electron chi connectivity index (χ3n) is 4.12. The number of hydrogen-bond donors (Lipinski definition) is 1. The van der Waals surface area contributed by atoms with Crippen LogP contribution in [-0.2, 0) is 20.9 Å². The Kier molecular flexibility index (Phi) is 8.80. The van der Waals surface area contributed by atoms with Crippen molar-refractivity contribution < 1.29 is 37.3 Å². The highest BCUT2D eigenvalue weighted by molar-refractivity contribution is 5.90. The molecule has 0 aromatic heterocycles. The standard InChI is InChI=1S/C22H23F2NO6/c1-14(21(27)25-13-16-6-4-5-7-17(16)28-2)30-20(26)11-9-15-8-10-18(31-22(23)24)19(12-15)29-3/h4-12,14,22H,13H2,1-3H3,(H,25,27)/b11-9+. The van der Waals surface area contributed by atoms with Crippen molar-refractivity contribution in [2.45, 2.75) is 26.2 Å². The summed E-state index contributed by atoms with van der Waals surface area (Å²) in [6.07, 6.45) is 1.49. The predicted octanol–water partition coefficient (Wildman–Crippen LogP) is 3.57. The Hall–Kier alpha value is -3.62. The molecule has 0 radical (unpaired) electrons. The van der Waals surface area contributed by atoms with Gasteiger partial charge in [0, 0.05) is 18.2 Å². The van der Waals surface area contributed by atoms with Gasteiger partial charge in [-0.1, -0.05) is 24.3 Å². The summed E-state index contributed by atoms with van der Waals surface area (Å²) in [4.78, 5) is 24.2. The number of halogens is 2. The average Bonchev–Trinajstić information content (AvgIpc) is 2.76. The molecule has 166 valence electrons. The van der Waals surface area contributed by atoms with E-state index in [1.165, 1.54) is 45.4 Å². The van der Waals surface area contributed by atoms with Gasteiger partial charge in [-0.3, -0.25) is 4.79 Å². The van der Waals surface area contributed by atoms with E-state index in [-0.39, 0.29) is 18.0 Å². The van der Waals surface area contributed by atoms with Crippen molar-refractivity contribution in [3.63, 3.8) is 0 Å². The van der Waals surface area contributed by atoms with E-state index in [1.807, 2.05) is 18.2 Å². The molecule has 1 amide bonds. The minimum Gasteiger partial charge on any atom is -0.496 e. The van der Waals surface area contributed by atoms with Crippen LogP contribution < -0.4 is 19.5 Å². The monoisotopic (exact) mass is 435 g/mol. The molecule has 7 nitrogen and oxygen atoms in total. The van der Waals surface area contributed by atoms with Gasteiger partial charge in [0.1, 0.15) is 5.75 Å². The molecule has 0 aliphatic rings. The Labute approximate surface area is 178 Å². The van der Waals surface area contributed by atoms with Gasteiger partial charge in [-0.15, -0.1) is 0 Å².